The standard InChI is InChI=1S/C5H3NO3S2/c1-2-3(7)6-4(8)10-11-5(6)9/h2H,1H2. The van der Waals surface area contributed by atoms with E-state index in [0.29, 0.717) is 4.57 Å². The van der Waals surface area contributed by atoms with Crippen LogP contribution >= 0.6 is 20.7 Å². The summed E-state index contributed by atoms with van der Waals surface area (Å²) in [6, 6.07) is 0. The van der Waals surface area contributed by atoms with Gasteiger partial charge in [-0.3, -0.25) is 14.4 Å². The molecule has 0 aliphatic heterocycles. The van der Waals surface area contributed by atoms with E-state index in [0.717, 1.165) is 26.8 Å². The first-order valence-corrected chi connectivity index (χ1v) is 4.70. The number of nitrogens with zero attached hydrogens (tertiary/aromatic N) is 1. The van der Waals surface area contributed by atoms with E-state index in [1.165, 1.54) is 0 Å². The lowest BCUT2D eigenvalue weighted by atomic mass is 10.6. The highest BCUT2D eigenvalue weighted by Gasteiger charge is 2.08. The lowest BCUT2D eigenvalue weighted by molar-refractivity contribution is 0.0964. The van der Waals surface area contributed by atoms with Gasteiger partial charge in [0, 0.05) is 0 Å². The highest BCUT2D eigenvalue weighted by molar-refractivity contribution is 7.67. The summed E-state index contributed by atoms with van der Waals surface area (Å²) in [6.07, 6.45) is 0.933. The summed E-state index contributed by atoms with van der Waals surface area (Å²) in [4.78, 5) is 31.2. The average molecular weight is 189 g/mol. The molecule has 0 saturated carbocycles. The van der Waals surface area contributed by atoms with Crippen LogP contribution < -0.4 is 9.75 Å². The summed E-state index contributed by atoms with van der Waals surface area (Å²) in [5, 5.41) is 0. The molecule has 1 rings (SSSR count). The van der Waals surface area contributed by atoms with Gasteiger partial charge in [0.25, 0.3) is 5.91 Å². The second-order valence-electron chi connectivity index (χ2n) is 1.58. The molecule has 58 valence electrons. The van der Waals surface area contributed by atoms with Crippen molar-refractivity contribution in [2.45, 2.75) is 0 Å². The smallest absolute Gasteiger partial charge is 0.269 e. The minimum atomic E-state index is -0.669. The summed E-state index contributed by atoms with van der Waals surface area (Å²) >= 11 is 0. The van der Waals surface area contributed by atoms with Gasteiger partial charge in [0.15, 0.2) is 0 Å². The molecule has 0 aliphatic rings. The molecule has 0 unspecified atom stereocenters. The third kappa shape index (κ3) is 1.36. The number of hydrogen-bond donors (Lipinski definition) is 0. The van der Waals surface area contributed by atoms with Crippen molar-refractivity contribution in [1.29, 1.82) is 0 Å². The maximum absolute atomic E-state index is 10.8. The molecule has 1 heterocycles. The molecule has 0 N–H and O–H groups in total. The van der Waals surface area contributed by atoms with E-state index in [-0.39, 0.29) is 0 Å². The Morgan fingerprint density at radius 3 is 2.18 bits per heavy atom. The van der Waals surface area contributed by atoms with E-state index in [2.05, 4.69) is 6.58 Å². The molecule has 0 atom stereocenters. The van der Waals surface area contributed by atoms with E-state index in [4.69, 9.17) is 0 Å². The van der Waals surface area contributed by atoms with Crippen molar-refractivity contribution in [3.63, 3.8) is 0 Å². The maximum atomic E-state index is 10.8. The minimum Gasteiger partial charge on any atom is -0.269 e. The van der Waals surface area contributed by atoms with Crippen molar-refractivity contribution in [2.75, 3.05) is 0 Å². The first kappa shape index (κ1) is 8.09. The molecule has 0 bridgehead atoms. The minimum absolute atomic E-state index is 0.551. The molecule has 0 spiro atoms. The summed E-state index contributed by atoms with van der Waals surface area (Å²) in [5.74, 6) is -0.669. The fourth-order valence-corrected chi connectivity index (χ4v) is 2.06. The van der Waals surface area contributed by atoms with Crippen LogP contribution in [-0.2, 0) is 0 Å². The molecule has 0 aliphatic carbocycles. The Hall–Kier alpha value is -1.01. The van der Waals surface area contributed by atoms with E-state index < -0.39 is 15.7 Å². The monoisotopic (exact) mass is 189 g/mol. The molecule has 11 heavy (non-hydrogen) atoms. The van der Waals surface area contributed by atoms with Crippen molar-refractivity contribution < 1.29 is 4.79 Å². The molecule has 4 nitrogen and oxygen atoms in total. The fraction of sp³-hybridized carbons (Fsp3) is 0. The SMILES string of the molecule is C=CC(=O)n1c(=O)ssc1=O. The van der Waals surface area contributed by atoms with Gasteiger partial charge in [-0.2, -0.15) is 4.57 Å². The number of carbonyl (C=O) groups is 1. The van der Waals surface area contributed by atoms with E-state index in [9.17, 15) is 14.4 Å². The number of rotatable bonds is 1. The maximum Gasteiger partial charge on any atom is 0.327 e. The van der Waals surface area contributed by atoms with Gasteiger partial charge in [0.05, 0.1) is 0 Å². The zero-order valence-electron chi connectivity index (χ0n) is 5.27. The van der Waals surface area contributed by atoms with Gasteiger partial charge < -0.3 is 0 Å². The second kappa shape index (κ2) is 2.93. The van der Waals surface area contributed by atoms with Crippen molar-refractivity contribution in [3.8, 4) is 0 Å². The van der Waals surface area contributed by atoms with Crippen LogP contribution in [-0.4, -0.2) is 10.5 Å². The Kier molecular flexibility index (Phi) is 2.16. The quantitative estimate of drug-likeness (QED) is 0.467. The second-order valence-corrected chi connectivity index (χ2v) is 3.61. The molecule has 1 aromatic rings. The van der Waals surface area contributed by atoms with Gasteiger partial charge in [-0.25, -0.2) is 0 Å². The van der Waals surface area contributed by atoms with Crippen LogP contribution in [0.3, 0.4) is 0 Å². The molecule has 1 aromatic heterocycles. The van der Waals surface area contributed by atoms with Crippen LogP contribution in [0.15, 0.2) is 22.2 Å². The van der Waals surface area contributed by atoms with Gasteiger partial charge in [0.2, 0.25) is 0 Å². The lowest BCUT2D eigenvalue weighted by Crippen LogP contribution is -2.29. The van der Waals surface area contributed by atoms with Crippen LogP contribution in [0, 0.1) is 0 Å². The highest BCUT2D eigenvalue weighted by atomic mass is 32.9. The molecule has 6 heteroatoms. The Balaban J connectivity index is 3.44. The molecule has 0 radical (unpaired) electrons. The van der Waals surface area contributed by atoms with Crippen LogP contribution in [0.1, 0.15) is 4.79 Å². The van der Waals surface area contributed by atoms with Gasteiger partial charge in [-0.1, -0.05) is 6.58 Å². The molecular formula is C5H3NO3S2. The number of aromatic nitrogens is 1. The number of allylic oxidation sites excluding steroid dienone is 1. The van der Waals surface area contributed by atoms with E-state index in [1.807, 2.05) is 0 Å². The number of hydrogen-bond acceptors (Lipinski definition) is 5. The fourth-order valence-electron chi connectivity index (χ4n) is 0.492. The predicted octanol–water partition coefficient (Wildman–Crippen LogP) is 0.158. The Bertz CT molecular complexity index is 369. The topological polar surface area (TPSA) is 56.1 Å². The van der Waals surface area contributed by atoms with E-state index >= 15 is 0 Å². The predicted molar refractivity (Wildman–Crippen MR) is 43.5 cm³/mol. The van der Waals surface area contributed by atoms with Gasteiger partial charge in [-0.15, -0.1) is 0 Å². The summed E-state index contributed by atoms with van der Waals surface area (Å²) in [6.45, 7) is 3.16. The molecule has 0 amide bonds. The van der Waals surface area contributed by atoms with Gasteiger partial charge in [-0.05, 0) is 26.8 Å². The van der Waals surface area contributed by atoms with Gasteiger partial charge >= 0.3 is 9.75 Å². The largest absolute Gasteiger partial charge is 0.327 e. The normalized spacial score (nSPS) is 9.45. The lowest BCUT2D eigenvalue weighted by Gasteiger charge is -1.86. The Labute approximate surface area is 68.4 Å². The zero-order valence-corrected chi connectivity index (χ0v) is 6.91. The highest BCUT2D eigenvalue weighted by Crippen LogP contribution is 1.90. The van der Waals surface area contributed by atoms with Crippen LogP contribution in [0.5, 0.6) is 0 Å². The molecule has 0 saturated heterocycles. The summed E-state index contributed by atoms with van der Waals surface area (Å²) in [5.41, 5.74) is 0. The van der Waals surface area contributed by atoms with Crippen molar-refractivity contribution in [2.24, 2.45) is 0 Å². The molecule has 0 fully saturated rings. The molecular weight excluding hydrogens is 186 g/mol. The summed E-state index contributed by atoms with van der Waals surface area (Å²) in [7, 11) is 1.49. The third-order valence-electron chi connectivity index (χ3n) is 0.944. The third-order valence-corrected chi connectivity index (χ3v) is 2.78. The van der Waals surface area contributed by atoms with E-state index in [1.54, 1.807) is 0 Å². The number of carbonyl (C=O) groups excluding carboxylic acids is 1. The van der Waals surface area contributed by atoms with Crippen molar-refractivity contribution in [3.05, 3.63) is 32.0 Å². The zero-order chi connectivity index (χ0) is 8.43. The van der Waals surface area contributed by atoms with Crippen molar-refractivity contribution >= 4 is 26.6 Å². The first-order chi connectivity index (χ1) is 5.16. The van der Waals surface area contributed by atoms with Crippen molar-refractivity contribution in [1.82, 2.24) is 4.57 Å². The van der Waals surface area contributed by atoms with Crippen LogP contribution in [0.4, 0.5) is 0 Å². The van der Waals surface area contributed by atoms with Gasteiger partial charge in [0.1, 0.15) is 0 Å². The van der Waals surface area contributed by atoms with Crippen LogP contribution in [0.2, 0.25) is 0 Å². The Morgan fingerprint density at radius 2 is 1.82 bits per heavy atom. The first-order valence-electron chi connectivity index (χ1n) is 2.56. The average Bonchev–Trinajstić information content (AvgIpc) is 2.30. The summed E-state index contributed by atoms with van der Waals surface area (Å²) < 4.78 is 0.558. The molecule has 0 aromatic carbocycles. The Morgan fingerprint density at radius 1 is 1.36 bits per heavy atom. The van der Waals surface area contributed by atoms with Crippen LogP contribution in [0.25, 0.3) is 0 Å².